The number of ether oxygens (including phenoxy) is 4. The molecule has 0 spiro atoms. The maximum absolute atomic E-state index is 13.2. The van der Waals surface area contributed by atoms with Crippen LogP contribution < -0.4 is 28.7 Å². The predicted octanol–water partition coefficient (Wildman–Crippen LogP) is 15.9. The minimum atomic E-state index is -0.375. The van der Waals surface area contributed by atoms with Crippen LogP contribution in [-0.4, -0.2) is 71.2 Å². The Bertz CT molecular complexity index is 4820. The lowest BCUT2D eigenvalue weighted by atomic mass is 9.78. The molecule has 8 amide bonds. The molecular weight excluding hydrogens is 1180 g/mol. The van der Waals surface area contributed by atoms with E-state index in [1.54, 1.807) is 91.0 Å². The lowest BCUT2D eigenvalue weighted by Gasteiger charge is -2.26. The molecule has 4 heterocycles. The molecule has 4 aliphatic rings. The van der Waals surface area contributed by atoms with E-state index < -0.39 is 0 Å². The molecule has 16 heteroatoms. The van der Waals surface area contributed by atoms with Crippen molar-refractivity contribution in [2.24, 2.45) is 0 Å². The van der Waals surface area contributed by atoms with E-state index in [1.807, 2.05) is 141 Å². The van der Waals surface area contributed by atoms with E-state index in [9.17, 15) is 38.4 Å². The molecular formula is C78H60N4O12. The van der Waals surface area contributed by atoms with Crippen LogP contribution in [0.25, 0.3) is 0 Å². The Morgan fingerprint density at radius 2 is 0.521 bits per heavy atom. The number of anilines is 2. The standard InChI is InChI=1S/2C39H30N2O6/c1-23-5-11-26(12-6-23)41-37(44)32-20-18-30(22-34(32)38(41)45)47-28-15-9-25(10-16-28)39(2,3)24-7-13-27(14-8-24)46-29-17-19-31-33(21-29)36(43)40(4)35(31)42;1-23-6-5-7-26(20-23)41-37(44)32-19-17-30(22-34(32)38(41)45)47-28-14-10-25(11-15-28)39(2,3)24-8-12-27(13-9-24)46-29-16-18-31-33(21-29)36(43)40(4)35(31)42/h2*5-22H,1-4H3. The summed E-state index contributed by atoms with van der Waals surface area (Å²) in [6.07, 6.45) is 0. The van der Waals surface area contributed by atoms with Gasteiger partial charge < -0.3 is 18.9 Å². The minimum Gasteiger partial charge on any atom is -0.457 e. The van der Waals surface area contributed by atoms with Crippen molar-refractivity contribution in [2.45, 2.75) is 52.4 Å². The molecule has 0 atom stereocenters. The summed E-state index contributed by atoms with van der Waals surface area (Å²) in [5, 5.41) is 0. The second-order valence-electron chi connectivity index (χ2n) is 24.5. The molecule has 464 valence electrons. The van der Waals surface area contributed by atoms with Gasteiger partial charge in [-0.15, -0.1) is 0 Å². The molecule has 14 rings (SSSR count). The molecule has 0 aromatic heterocycles. The van der Waals surface area contributed by atoms with Gasteiger partial charge in [0.1, 0.15) is 46.0 Å². The van der Waals surface area contributed by atoms with Crippen LogP contribution in [-0.2, 0) is 10.8 Å². The Balaban J connectivity index is 0.000000171. The summed E-state index contributed by atoms with van der Waals surface area (Å²) in [6.45, 7) is 12.4. The van der Waals surface area contributed by atoms with Gasteiger partial charge >= 0.3 is 0 Å². The summed E-state index contributed by atoms with van der Waals surface area (Å²) in [5.74, 6) is 1.53. The van der Waals surface area contributed by atoms with E-state index in [-0.39, 0.29) is 58.1 Å². The van der Waals surface area contributed by atoms with Crippen LogP contribution >= 0.6 is 0 Å². The molecule has 0 unspecified atom stereocenters. The fourth-order valence-corrected chi connectivity index (χ4v) is 11.9. The number of rotatable bonds is 14. The molecule has 0 N–H and O–H groups in total. The first-order valence-electron chi connectivity index (χ1n) is 30.3. The van der Waals surface area contributed by atoms with Crippen LogP contribution in [0.2, 0.25) is 0 Å². The maximum atomic E-state index is 13.2. The van der Waals surface area contributed by atoms with Crippen LogP contribution in [0.1, 0.15) is 144 Å². The number of carbonyl (C=O) groups excluding carboxylic acids is 8. The van der Waals surface area contributed by atoms with Gasteiger partial charge in [-0.3, -0.25) is 48.2 Å². The highest BCUT2D eigenvalue weighted by Gasteiger charge is 2.40. The maximum Gasteiger partial charge on any atom is 0.266 e. The van der Waals surface area contributed by atoms with E-state index in [0.717, 1.165) is 43.2 Å². The summed E-state index contributed by atoms with van der Waals surface area (Å²) in [7, 11) is 2.93. The van der Waals surface area contributed by atoms with Crippen molar-refractivity contribution < 1.29 is 57.3 Å². The zero-order chi connectivity index (χ0) is 66.1. The van der Waals surface area contributed by atoms with Crippen molar-refractivity contribution >= 4 is 58.6 Å². The highest BCUT2D eigenvalue weighted by atomic mass is 16.5. The zero-order valence-electron chi connectivity index (χ0n) is 52.5. The van der Waals surface area contributed by atoms with Gasteiger partial charge in [-0.2, -0.15) is 0 Å². The molecule has 0 saturated carbocycles. The van der Waals surface area contributed by atoms with Crippen molar-refractivity contribution in [2.75, 3.05) is 23.9 Å². The third-order valence-corrected chi connectivity index (χ3v) is 17.6. The molecule has 94 heavy (non-hydrogen) atoms. The largest absolute Gasteiger partial charge is 0.457 e. The predicted molar refractivity (Wildman–Crippen MR) is 354 cm³/mol. The lowest BCUT2D eigenvalue weighted by molar-refractivity contribution is 0.0677. The summed E-state index contributed by atoms with van der Waals surface area (Å²) in [5.41, 5.74) is 9.40. The molecule has 10 aromatic carbocycles. The number of benzene rings is 10. The highest BCUT2D eigenvalue weighted by Crippen LogP contribution is 2.40. The van der Waals surface area contributed by atoms with Gasteiger partial charge in [-0.25, -0.2) is 9.80 Å². The fourth-order valence-electron chi connectivity index (χ4n) is 11.9. The monoisotopic (exact) mass is 1240 g/mol. The highest BCUT2D eigenvalue weighted by molar-refractivity contribution is 6.35. The average molecular weight is 1250 g/mol. The van der Waals surface area contributed by atoms with Gasteiger partial charge in [0.05, 0.1) is 55.9 Å². The molecule has 4 aliphatic heterocycles. The van der Waals surface area contributed by atoms with Crippen molar-refractivity contribution in [3.05, 3.63) is 296 Å². The van der Waals surface area contributed by atoms with E-state index in [1.165, 1.54) is 23.9 Å². The Morgan fingerprint density at radius 3 is 0.840 bits per heavy atom. The van der Waals surface area contributed by atoms with Gasteiger partial charge in [0.25, 0.3) is 47.3 Å². The van der Waals surface area contributed by atoms with Gasteiger partial charge in [-0.05, 0) is 187 Å². The third kappa shape index (κ3) is 11.1. The van der Waals surface area contributed by atoms with Crippen LogP contribution in [0.15, 0.2) is 218 Å². The number of fused-ring (bicyclic) bond motifs is 4. The lowest BCUT2D eigenvalue weighted by Crippen LogP contribution is -2.29. The second-order valence-corrected chi connectivity index (χ2v) is 24.5. The molecule has 10 aromatic rings. The number of aryl methyl sites for hydroxylation is 2. The first kappa shape index (κ1) is 60.8. The topological polar surface area (TPSA) is 186 Å². The molecule has 16 nitrogen and oxygen atoms in total. The zero-order valence-corrected chi connectivity index (χ0v) is 52.5. The molecule has 0 radical (unpaired) electrons. The van der Waals surface area contributed by atoms with Gasteiger partial charge in [0.2, 0.25) is 0 Å². The van der Waals surface area contributed by atoms with Crippen LogP contribution in [0.5, 0.6) is 46.0 Å². The van der Waals surface area contributed by atoms with Gasteiger partial charge in [0, 0.05) is 24.9 Å². The third-order valence-electron chi connectivity index (χ3n) is 17.6. The minimum absolute atomic E-state index is 0.311. The first-order valence-corrected chi connectivity index (χ1v) is 30.3. The van der Waals surface area contributed by atoms with E-state index in [2.05, 4.69) is 27.7 Å². The van der Waals surface area contributed by atoms with Crippen LogP contribution in [0.4, 0.5) is 11.4 Å². The number of nitrogens with zero attached hydrogens (tertiary/aromatic N) is 4. The van der Waals surface area contributed by atoms with Crippen molar-refractivity contribution in [3.8, 4) is 46.0 Å². The quantitative estimate of drug-likeness (QED) is 0.0939. The van der Waals surface area contributed by atoms with Crippen LogP contribution in [0.3, 0.4) is 0 Å². The fraction of sp³-hybridized carbons (Fsp3) is 0.128. The van der Waals surface area contributed by atoms with Crippen molar-refractivity contribution in [1.82, 2.24) is 9.80 Å². The molecule has 0 fully saturated rings. The second kappa shape index (κ2) is 23.6. The number of imide groups is 4. The number of hydrogen-bond acceptors (Lipinski definition) is 12. The van der Waals surface area contributed by atoms with Gasteiger partial charge in [-0.1, -0.05) is 106 Å². The summed E-state index contributed by atoms with van der Waals surface area (Å²) < 4.78 is 24.2. The molecule has 0 aliphatic carbocycles. The normalized spacial score (nSPS) is 14.0. The Labute approximate surface area is 541 Å². The van der Waals surface area contributed by atoms with E-state index in [4.69, 9.17) is 18.9 Å². The smallest absolute Gasteiger partial charge is 0.266 e. The number of amides is 8. The SMILES string of the molecule is Cc1ccc(N2C(=O)c3ccc(Oc4ccc(C(C)(C)c5ccc(Oc6ccc7c(c6)C(=O)N(C)C7=O)cc5)cc4)cc3C2=O)cc1.Cc1cccc(N2C(=O)c3ccc(Oc4ccc(C(C)(C)c5ccc(Oc6ccc7c(c6)C(=O)N(C)C7=O)cc5)cc4)cc3C2=O)c1. The summed E-state index contributed by atoms with van der Waals surface area (Å²) in [4.78, 5) is 106. The van der Waals surface area contributed by atoms with Crippen LogP contribution in [0, 0.1) is 13.8 Å². The van der Waals surface area contributed by atoms with Crippen molar-refractivity contribution in [1.29, 1.82) is 0 Å². The van der Waals surface area contributed by atoms with E-state index in [0.29, 0.717) is 102 Å². The Morgan fingerprint density at radius 1 is 0.255 bits per heavy atom. The van der Waals surface area contributed by atoms with Crippen molar-refractivity contribution in [3.63, 3.8) is 0 Å². The summed E-state index contributed by atoms with van der Waals surface area (Å²) >= 11 is 0. The average Bonchev–Trinajstić information content (AvgIpc) is 1.60. The first-order chi connectivity index (χ1) is 45.0. The molecule has 0 saturated heterocycles. The molecule has 0 bridgehead atoms. The number of carbonyl (C=O) groups is 8. The number of hydrogen-bond donors (Lipinski definition) is 0. The van der Waals surface area contributed by atoms with Gasteiger partial charge in [0.15, 0.2) is 0 Å². The Kier molecular flexibility index (Phi) is 15.3. The Hall–Kier alpha value is -12.0. The van der Waals surface area contributed by atoms with E-state index >= 15 is 0 Å². The summed E-state index contributed by atoms with van der Waals surface area (Å²) in [6, 6.07) is 65.3.